The van der Waals surface area contributed by atoms with E-state index in [2.05, 4.69) is 5.32 Å². The molecule has 158 valence electrons. The zero-order chi connectivity index (χ0) is 21.8. The number of amides is 1. The van der Waals surface area contributed by atoms with Crippen molar-refractivity contribution in [2.24, 2.45) is 0 Å². The van der Waals surface area contributed by atoms with Crippen molar-refractivity contribution >= 4 is 16.8 Å². The predicted octanol–water partition coefficient (Wildman–Crippen LogP) is 3.98. The van der Waals surface area contributed by atoms with Gasteiger partial charge in [0, 0.05) is 10.9 Å². The van der Waals surface area contributed by atoms with Crippen molar-refractivity contribution in [3.8, 4) is 22.8 Å². The van der Waals surface area contributed by atoms with E-state index in [4.69, 9.17) is 18.9 Å². The maximum Gasteiger partial charge on any atom is 0.252 e. The molecule has 0 aliphatic rings. The van der Waals surface area contributed by atoms with Gasteiger partial charge in [0.15, 0.2) is 11.5 Å². The first-order chi connectivity index (χ1) is 15.1. The highest BCUT2D eigenvalue weighted by atomic mass is 16.5. The van der Waals surface area contributed by atoms with Gasteiger partial charge in [0.1, 0.15) is 11.9 Å². The number of fused-ring (bicyclic) bond motifs is 1. The molecule has 0 aliphatic heterocycles. The lowest BCUT2D eigenvalue weighted by Gasteiger charge is -2.13. The van der Waals surface area contributed by atoms with Crippen molar-refractivity contribution in [2.45, 2.75) is 6.10 Å². The van der Waals surface area contributed by atoms with Crippen LogP contribution in [0.2, 0.25) is 0 Å². The van der Waals surface area contributed by atoms with Crippen LogP contribution in [0.15, 0.2) is 71.3 Å². The summed E-state index contributed by atoms with van der Waals surface area (Å²) >= 11 is 0. The molecule has 1 amide bonds. The number of nitrogens with zero attached hydrogens (tertiary/aromatic N) is 1. The molecule has 4 rings (SSSR count). The third-order valence-corrected chi connectivity index (χ3v) is 4.97. The quantitative estimate of drug-likeness (QED) is 0.472. The number of nitrogens with one attached hydrogen (secondary N) is 1. The Morgan fingerprint density at radius 2 is 1.87 bits per heavy atom. The van der Waals surface area contributed by atoms with Crippen molar-refractivity contribution in [1.29, 1.82) is 0 Å². The van der Waals surface area contributed by atoms with E-state index in [1.807, 2.05) is 36.4 Å². The van der Waals surface area contributed by atoms with Gasteiger partial charge in [0.05, 0.1) is 43.8 Å². The lowest BCUT2D eigenvalue weighted by atomic mass is 10.0. The number of ether oxygens (including phenoxy) is 2. The van der Waals surface area contributed by atoms with Gasteiger partial charge < -0.3 is 24.3 Å². The Kier molecular flexibility index (Phi) is 5.86. The molecule has 1 unspecified atom stereocenters. The molecule has 0 saturated carbocycles. The topological polar surface area (TPSA) is 93.8 Å². The Labute approximate surface area is 179 Å². The van der Waals surface area contributed by atoms with Crippen LogP contribution in [0.3, 0.4) is 0 Å². The van der Waals surface area contributed by atoms with Crippen LogP contribution < -0.4 is 14.8 Å². The number of pyridine rings is 1. The minimum absolute atomic E-state index is 0.0225. The Balaban J connectivity index is 1.69. The summed E-state index contributed by atoms with van der Waals surface area (Å²) in [5.41, 5.74) is 2.55. The molecule has 2 N–H and O–H groups in total. The summed E-state index contributed by atoms with van der Waals surface area (Å²) in [7, 11) is 3.14. The maximum absolute atomic E-state index is 13.0. The lowest BCUT2D eigenvalue weighted by molar-refractivity contribution is 0.0902. The molecule has 1 atom stereocenters. The Morgan fingerprint density at radius 1 is 1.06 bits per heavy atom. The standard InChI is InChI=1S/C24H22N2O5/c1-29-22-10-9-15(12-23(22)30-2)19-13-17(16-6-3-4-7-18(16)26-19)24(28)25-14-20(27)21-8-5-11-31-21/h3-13,20,27H,14H2,1-2H3,(H,25,28). The summed E-state index contributed by atoms with van der Waals surface area (Å²) in [4.78, 5) is 17.7. The first-order valence-electron chi connectivity index (χ1n) is 9.72. The number of para-hydroxylation sites is 1. The summed E-state index contributed by atoms with van der Waals surface area (Å²) in [6, 6.07) is 18.0. The number of aromatic nitrogens is 1. The molecule has 0 bridgehead atoms. The summed E-state index contributed by atoms with van der Waals surface area (Å²) in [5.74, 6) is 1.26. The lowest BCUT2D eigenvalue weighted by Crippen LogP contribution is -2.28. The van der Waals surface area contributed by atoms with Crippen molar-refractivity contribution in [2.75, 3.05) is 20.8 Å². The molecule has 0 radical (unpaired) electrons. The van der Waals surface area contributed by atoms with Crippen LogP contribution in [0.25, 0.3) is 22.2 Å². The second-order valence-corrected chi connectivity index (χ2v) is 6.88. The van der Waals surface area contributed by atoms with Gasteiger partial charge in [-0.3, -0.25) is 4.79 Å². The average molecular weight is 418 g/mol. The van der Waals surface area contributed by atoms with E-state index < -0.39 is 6.10 Å². The minimum atomic E-state index is -0.933. The number of hydrogen-bond acceptors (Lipinski definition) is 6. The van der Waals surface area contributed by atoms with Gasteiger partial charge in [-0.15, -0.1) is 0 Å². The molecule has 0 spiro atoms. The maximum atomic E-state index is 13.0. The Hall–Kier alpha value is -3.84. The normalized spacial score (nSPS) is 11.8. The first kappa shape index (κ1) is 20.4. The van der Waals surface area contributed by atoms with E-state index in [0.717, 1.165) is 10.9 Å². The third kappa shape index (κ3) is 4.22. The molecule has 7 nitrogen and oxygen atoms in total. The zero-order valence-corrected chi connectivity index (χ0v) is 17.2. The van der Waals surface area contributed by atoms with Crippen LogP contribution in [0.4, 0.5) is 0 Å². The number of aliphatic hydroxyl groups excluding tert-OH is 1. The molecule has 0 saturated heterocycles. The molecular weight excluding hydrogens is 396 g/mol. The second-order valence-electron chi connectivity index (χ2n) is 6.88. The monoisotopic (exact) mass is 418 g/mol. The highest BCUT2D eigenvalue weighted by Crippen LogP contribution is 2.33. The van der Waals surface area contributed by atoms with E-state index in [0.29, 0.717) is 34.0 Å². The van der Waals surface area contributed by atoms with Crippen LogP contribution in [-0.2, 0) is 0 Å². The number of rotatable bonds is 7. The second kappa shape index (κ2) is 8.89. The van der Waals surface area contributed by atoms with Crippen LogP contribution in [0.5, 0.6) is 11.5 Å². The summed E-state index contributed by atoms with van der Waals surface area (Å²) < 4.78 is 15.9. The fourth-order valence-electron chi connectivity index (χ4n) is 3.37. The molecule has 4 aromatic rings. The number of carbonyl (C=O) groups excluding carboxylic acids is 1. The van der Waals surface area contributed by atoms with Gasteiger partial charge in [-0.25, -0.2) is 4.98 Å². The smallest absolute Gasteiger partial charge is 0.252 e. The van der Waals surface area contributed by atoms with Crippen LogP contribution >= 0.6 is 0 Å². The molecule has 2 heterocycles. The molecule has 31 heavy (non-hydrogen) atoms. The van der Waals surface area contributed by atoms with E-state index in [-0.39, 0.29) is 12.5 Å². The van der Waals surface area contributed by atoms with Crippen molar-refractivity contribution in [3.63, 3.8) is 0 Å². The predicted molar refractivity (Wildman–Crippen MR) is 116 cm³/mol. The molecule has 2 aromatic carbocycles. The zero-order valence-electron chi connectivity index (χ0n) is 17.2. The number of furan rings is 1. The fraction of sp³-hybridized carbons (Fsp3) is 0.167. The molecule has 2 aromatic heterocycles. The SMILES string of the molecule is COc1ccc(-c2cc(C(=O)NCC(O)c3ccco3)c3ccccc3n2)cc1OC. The van der Waals surface area contributed by atoms with E-state index in [1.165, 1.54) is 6.26 Å². The van der Waals surface area contributed by atoms with Crippen molar-refractivity contribution < 1.29 is 23.8 Å². The first-order valence-corrected chi connectivity index (χ1v) is 9.72. The number of carbonyl (C=O) groups is 1. The summed E-state index contributed by atoms with van der Waals surface area (Å²) in [6.07, 6.45) is 0.545. The van der Waals surface area contributed by atoms with Gasteiger partial charge in [-0.05, 0) is 42.5 Å². The molecule has 7 heteroatoms. The minimum Gasteiger partial charge on any atom is -0.493 e. The van der Waals surface area contributed by atoms with Crippen LogP contribution in [-0.4, -0.2) is 36.8 Å². The van der Waals surface area contributed by atoms with E-state index in [1.54, 1.807) is 38.5 Å². The average Bonchev–Trinajstić information content (AvgIpc) is 3.36. The number of aliphatic hydroxyl groups is 1. The molecule has 0 aliphatic carbocycles. The Morgan fingerprint density at radius 3 is 2.61 bits per heavy atom. The summed E-state index contributed by atoms with van der Waals surface area (Å²) in [5, 5.41) is 13.7. The third-order valence-electron chi connectivity index (χ3n) is 4.97. The van der Waals surface area contributed by atoms with Gasteiger partial charge >= 0.3 is 0 Å². The van der Waals surface area contributed by atoms with Gasteiger partial charge in [0.25, 0.3) is 5.91 Å². The number of benzene rings is 2. The van der Waals surface area contributed by atoms with Crippen LogP contribution in [0.1, 0.15) is 22.2 Å². The van der Waals surface area contributed by atoms with E-state index >= 15 is 0 Å². The number of methoxy groups -OCH3 is 2. The Bertz CT molecular complexity index is 1200. The number of hydrogen-bond donors (Lipinski definition) is 2. The fourth-order valence-corrected chi connectivity index (χ4v) is 3.37. The molecular formula is C24H22N2O5. The van der Waals surface area contributed by atoms with Gasteiger partial charge in [0.2, 0.25) is 0 Å². The van der Waals surface area contributed by atoms with Crippen molar-refractivity contribution in [3.05, 3.63) is 78.3 Å². The summed E-state index contributed by atoms with van der Waals surface area (Å²) in [6.45, 7) is 0.0225. The molecule has 0 fully saturated rings. The highest BCUT2D eigenvalue weighted by molar-refractivity contribution is 6.07. The van der Waals surface area contributed by atoms with Gasteiger partial charge in [-0.2, -0.15) is 0 Å². The largest absolute Gasteiger partial charge is 0.493 e. The van der Waals surface area contributed by atoms with E-state index in [9.17, 15) is 9.90 Å². The van der Waals surface area contributed by atoms with Crippen LogP contribution in [0, 0.1) is 0 Å². The highest BCUT2D eigenvalue weighted by Gasteiger charge is 2.17. The van der Waals surface area contributed by atoms with Crippen molar-refractivity contribution in [1.82, 2.24) is 10.3 Å². The van der Waals surface area contributed by atoms with Gasteiger partial charge in [-0.1, -0.05) is 18.2 Å².